The fourth-order valence-corrected chi connectivity index (χ4v) is 1.83. The zero-order valence-corrected chi connectivity index (χ0v) is 13.2. The van der Waals surface area contributed by atoms with Gasteiger partial charge in [-0.3, -0.25) is 0 Å². The van der Waals surface area contributed by atoms with E-state index in [1.54, 1.807) is 0 Å². The Morgan fingerprint density at radius 2 is 1.95 bits per heavy atom. The standard InChI is InChI=1S/C13H19BrN4O2/c1-3-5-20-12-7-10(14)9(6-11(12)19-4-2)8-17-18-13(15)16/h6-8H,3-5H2,1-2H3,(H4,15,16,18). The van der Waals surface area contributed by atoms with E-state index in [1.807, 2.05) is 26.0 Å². The Hall–Kier alpha value is -1.76. The molecule has 0 fully saturated rings. The van der Waals surface area contributed by atoms with Crippen molar-refractivity contribution < 1.29 is 9.47 Å². The lowest BCUT2D eigenvalue weighted by atomic mass is 10.2. The van der Waals surface area contributed by atoms with Gasteiger partial charge < -0.3 is 20.9 Å². The third-order valence-corrected chi connectivity index (χ3v) is 2.88. The zero-order chi connectivity index (χ0) is 15.0. The summed E-state index contributed by atoms with van der Waals surface area (Å²) in [6.07, 6.45) is 2.47. The number of hydrogen-bond donors (Lipinski definition) is 2. The van der Waals surface area contributed by atoms with E-state index in [9.17, 15) is 0 Å². The highest BCUT2D eigenvalue weighted by molar-refractivity contribution is 9.10. The summed E-state index contributed by atoms with van der Waals surface area (Å²) in [4.78, 5) is 0. The van der Waals surface area contributed by atoms with E-state index in [2.05, 4.69) is 26.1 Å². The first kappa shape index (κ1) is 16.3. The van der Waals surface area contributed by atoms with E-state index in [1.165, 1.54) is 6.21 Å². The van der Waals surface area contributed by atoms with Gasteiger partial charge in [-0.1, -0.05) is 6.92 Å². The quantitative estimate of drug-likeness (QED) is 0.451. The maximum Gasteiger partial charge on any atom is 0.211 e. The highest BCUT2D eigenvalue weighted by Crippen LogP contribution is 2.33. The van der Waals surface area contributed by atoms with E-state index in [4.69, 9.17) is 20.9 Å². The van der Waals surface area contributed by atoms with Crippen LogP contribution in [0.15, 0.2) is 26.8 Å². The first-order valence-corrected chi connectivity index (χ1v) is 7.08. The smallest absolute Gasteiger partial charge is 0.211 e. The number of ether oxygens (including phenoxy) is 2. The molecule has 0 aliphatic heterocycles. The third-order valence-electron chi connectivity index (χ3n) is 2.19. The van der Waals surface area contributed by atoms with Gasteiger partial charge in [0.1, 0.15) is 0 Å². The summed E-state index contributed by atoms with van der Waals surface area (Å²) >= 11 is 3.45. The van der Waals surface area contributed by atoms with Gasteiger partial charge in [0.25, 0.3) is 0 Å². The highest BCUT2D eigenvalue weighted by atomic mass is 79.9. The van der Waals surface area contributed by atoms with Crippen molar-refractivity contribution in [2.24, 2.45) is 21.7 Å². The molecule has 0 atom stereocenters. The van der Waals surface area contributed by atoms with Crippen molar-refractivity contribution in [2.45, 2.75) is 20.3 Å². The molecule has 1 aromatic carbocycles. The first-order valence-electron chi connectivity index (χ1n) is 6.29. The van der Waals surface area contributed by atoms with Gasteiger partial charge in [0.2, 0.25) is 5.96 Å². The molecule has 0 bridgehead atoms. The van der Waals surface area contributed by atoms with E-state index >= 15 is 0 Å². The molecule has 0 unspecified atom stereocenters. The van der Waals surface area contributed by atoms with Crippen molar-refractivity contribution >= 4 is 28.1 Å². The number of guanidine groups is 1. The lowest BCUT2D eigenvalue weighted by Crippen LogP contribution is -2.21. The molecule has 0 amide bonds. The van der Waals surface area contributed by atoms with Crippen molar-refractivity contribution in [3.8, 4) is 11.5 Å². The Labute approximate surface area is 127 Å². The summed E-state index contributed by atoms with van der Waals surface area (Å²) in [5, 5.41) is 7.34. The molecule has 4 N–H and O–H groups in total. The molecular weight excluding hydrogens is 324 g/mol. The molecule has 7 heteroatoms. The topological polar surface area (TPSA) is 95.2 Å². The highest BCUT2D eigenvalue weighted by Gasteiger charge is 2.09. The summed E-state index contributed by atoms with van der Waals surface area (Å²) in [7, 11) is 0. The van der Waals surface area contributed by atoms with Gasteiger partial charge in [-0.05, 0) is 41.4 Å². The van der Waals surface area contributed by atoms with Crippen LogP contribution in [0.2, 0.25) is 0 Å². The molecule has 0 radical (unpaired) electrons. The third kappa shape index (κ3) is 5.08. The second kappa shape index (κ2) is 8.42. The Bertz CT molecular complexity index is 499. The Balaban J connectivity index is 3.05. The van der Waals surface area contributed by atoms with E-state index < -0.39 is 0 Å². The fraction of sp³-hybridized carbons (Fsp3) is 0.385. The summed E-state index contributed by atoms with van der Waals surface area (Å²) in [6.45, 7) is 5.15. The van der Waals surface area contributed by atoms with E-state index in [0.717, 1.165) is 16.5 Å². The van der Waals surface area contributed by atoms with Gasteiger partial charge in [0.05, 0.1) is 19.4 Å². The molecule has 0 heterocycles. The summed E-state index contributed by atoms with van der Waals surface area (Å²) in [5.74, 6) is 1.26. The normalized spacial score (nSPS) is 10.6. The van der Waals surface area contributed by atoms with Crippen LogP contribution in [0, 0.1) is 0 Å². The summed E-state index contributed by atoms with van der Waals surface area (Å²) in [5.41, 5.74) is 11.2. The van der Waals surface area contributed by atoms with Gasteiger partial charge in [0, 0.05) is 10.0 Å². The van der Waals surface area contributed by atoms with Crippen LogP contribution in [0.4, 0.5) is 0 Å². The Kier molecular flexibility index (Phi) is 6.86. The summed E-state index contributed by atoms with van der Waals surface area (Å²) < 4.78 is 12.0. The van der Waals surface area contributed by atoms with Crippen LogP contribution in [0.1, 0.15) is 25.8 Å². The Morgan fingerprint density at radius 3 is 2.55 bits per heavy atom. The van der Waals surface area contributed by atoms with Crippen LogP contribution < -0.4 is 20.9 Å². The molecule has 0 aliphatic rings. The van der Waals surface area contributed by atoms with E-state index in [0.29, 0.717) is 24.7 Å². The molecule has 1 aromatic rings. The van der Waals surface area contributed by atoms with Crippen molar-refractivity contribution in [2.75, 3.05) is 13.2 Å². The lowest BCUT2D eigenvalue weighted by molar-refractivity contribution is 0.276. The predicted octanol–water partition coefficient (Wildman–Crippen LogP) is 2.24. The second-order valence-electron chi connectivity index (χ2n) is 3.87. The average Bonchev–Trinajstić information content (AvgIpc) is 2.40. The molecule has 0 aromatic heterocycles. The van der Waals surface area contributed by atoms with Gasteiger partial charge >= 0.3 is 0 Å². The first-order chi connectivity index (χ1) is 9.58. The molecule has 20 heavy (non-hydrogen) atoms. The number of rotatable bonds is 7. The number of nitrogens with zero attached hydrogens (tertiary/aromatic N) is 2. The van der Waals surface area contributed by atoms with Crippen molar-refractivity contribution in [1.29, 1.82) is 0 Å². The maximum absolute atomic E-state index is 5.65. The van der Waals surface area contributed by atoms with Crippen molar-refractivity contribution in [3.05, 3.63) is 22.2 Å². The number of hydrogen-bond acceptors (Lipinski definition) is 4. The minimum Gasteiger partial charge on any atom is -0.490 e. The zero-order valence-electron chi connectivity index (χ0n) is 11.6. The maximum atomic E-state index is 5.65. The van der Waals surface area contributed by atoms with Crippen LogP contribution in [-0.4, -0.2) is 25.4 Å². The van der Waals surface area contributed by atoms with Crippen LogP contribution in [0.3, 0.4) is 0 Å². The van der Waals surface area contributed by atoms with Gasteiger partial charge in [-0.15, -0.1) is 5.10 Å². The molecule has 0 spiro atoms. The van der Waals surface area contributed by atoms with Crippen molar-refractivity contribution in [3.63, 3.8) is 0 Å². The number of benzene rings is 1. The molecular formula is C13H19BrN4O2. The monoisotopic (exact) mass is 342 g/mol. The fourth-order valence-electron chi connectivity index (χ4n) is 1.40. The van der Waals surface area contributed by atoms with Crippen LogP contribution in [-0.2, 0) is 0 Å². The van der Waals surface area contributed by atoms with Gasteiger partial charge in [-0.25, -0.2) is 0 Å². The van der Waals surface area contributed by atoms with Crippen LogP contribution in [0.25, 0.3) is 0 Å². The SMILES string of the molecule is CCCOc1cc(Br)c(C=NN=C(N)N)cc1OCC. The molecule has 0 aliphatic carbocycles. The van der Waals surface area contributed by atoms with Crippen LogP contribution >= 0.6 is 15.9 Å². The summed E-state index contributed by atoms with van der Waals surface area (Å²) in [6, 6.07) is 3.67. The molecule has 1 rings (SSSR count). The number of halogens is 1. The van der Waals surface area contributed by atoms with Gasteiger partial charge in [-0.2, -0.15) is 5.10 Å². The number of nitrogens with two attached hydrogens (primary N) is 2. The molecule has 110 valence electrons. The molecule has 0 saturated carbocycles. The van der Waals surface area contributed by atoms with Crippen molar-refractivity contribution in [1.82, 2.24) is 0 Å². The van der Waals surface area contributed by atoms with Crippen LogP contribution in [0.5, 0.6) is 11.5 Å². The van der Waals surface area contributed by atoms with E-state index in [-0.39, 0.29) is 5.96 Å². The minimum atomic E-state index is -0.0923. The lowest BCUT2D eigenvalue weighted by Gasteiger charge is -2.13. The minimum absolute atomic E-state index is 0.0923. The largest absolute Gasteiger partial charge is 0.490 e. The Morgan fingerprint density at radius 1 is 1.25 bits per heavy atom. The molecule has 6 nitrogen and oxygen atoms in total. The predicted molar refractivity (Wildman–Crippen MR) is 84.5 cm³/mol. The second-order valence-corrected chi connectivity index (χ2v) is 4.73. The van der Waals surface area contributed by atoms with Gasteiger partial charge in [0.15, 0.2) is 11.5 Å². The average molecular weight is 343 g/mol. The molecule has 0 saturated heterocycles.